The predicted molar refractivity (Wildman–Crippen MR) is 55.9 cm³/mol. The van der Waals surface area contributed by atoms with Gasteiger partial charge >= 0.3 is 0 Å². The molecule has 0 spiro atoms. The van der Waals surface area contributed by atoms with E-state index in [1.807, 2.05) is 0 Å². The zero-order valence-electron chi connectivity index (χ0n) is 8.66. The van der Waals surface area contributed by atoms with Crippen LogP contribution in [0.5, 0.6) is 0 Å². The lowest BCUT2D eigenvalue weighted by Crippen LogP contribution is -2.32. The van der Waals surface area contributed by atoms with E-state index < -0.39 is 27.9 Å². The summed E-state index contributed by atoms with van der Waals surface area (Å²) in [5.41, 5.74) is 5.10. The van der Waals surface area contributed by atoms with E-state index in [0.29, 0.717) is 12.8 Å². The zero-order valence-corrected chi connectivity index (χ0v) is 9.41. The van der Waals surface area contributed by atoms with E-state index in [9.17, 15) is 13.2 Å². The van der Waals surface area contributed by atoms with Gasteiger partial charge in [-0.3, -0.25) is 0 Å². The predicted octanol–water partition coefficient (Wildman–Crippen LogP) is 3.14. The average Bonchev–Trinajstić information content (AvgIpc) is 3.01. The first kappa shape index (κ1) is 11.7. The molecule has 1 nitrogen and oxygen atoms in total. The highest BCUT2D eigenvalue weighted by Gasteiger charge is 2.50. The Bertz CT molecular complexity index is 441. The van der Waals surface area contributed by atoms with Crippen molar-refractivity contribution in [1.82, 2.24) is 0 Å². The van der Waals surface area contributed by atoms with E-state index in [2.05, 4.69) is 0 Å². The molecule has 0 radical (unpaired) electrons. The third kappa shape index (κ3) is 1.52. The molecule has 5 heteroatoms. The van der Waals surface area contributed by atoms with Gasteiger partial charge in [-0.1, -0.05) is 11.6 Å². The Morgan fingerprint density at radius 2 is 1.88 bits per heavy atom. The molecule has 1 aromatic carbocycles. The number of benzene rings is 1. The molecule has 2 N–H and O–H groups in total. The van der Waals surface area contributed by atoms with E-state index in [0.717, 1.165) is 6.07 Å². The molecule has 0 aliphatic heterocycles. The molecular formula is C11H11ClF3N. The van der Waals surface area contributed by atoms with Crippen molar-refractivity contribution in [2.75, 3.05) is 0 Å². The second kappa shape index (κ2) is 3.64. The summed E-state index contributed by atoms with van der Waals surface area (Å²) in [5, 5.41) is -0.804. The van der Waals surface area contributed by atoms with Crippen LogP contribution in [0.15, 0.2) is 6.07 Å². The fourth-order valence-corrected chi connectivity index (χ4v) is 2.18. The maximum Gasteiger partial charge on any atom is 0.180 e. The molecule has 2 rings (SSSR count). The SMILES string of the molecule is CC(N)C1(c2cc(F)c(Cl)c(F)c2F)CC1. The lowest BCUT2D eigenvalue weighted by molar-refractivity contribution is 0.453. The Labute approximate surface area is 96.4 Å². The highest BCUT2D eigenvalue weighted by Crippen LogP contribution is 2.51. The van der Waals surface area contributed by atoms with Gasteiger partial charge in [0.2, 0.25) is 0 Å². The van der Waals surface area contributed by atoms with Crippen LogP contribution < -0.4 is 5.73 Å². The second-order valence-corrected chi connectivity index (χ2v) is 4.67. The fraction of sp³-hybridized carbons (Fsp3) is 0.455. The molecule has 1 unspecified atom stereocenters. The van der Waals surface area contributed by atoms with Crippen molar-refractivity contribution in [3.05, 3.63) is 34.1 Å². The zero-order chi connectivity index (χ0) is 12.1. The monoisotopic (exact) mass is 249 g/mol. The molecule has 1 aromatic rings. The van der Waals surface area contributed by atoms with Crippen molar-refractivity contribution in [2.24, 2.45) is 5.73 Å². The summed E-state index contributed by atoms with van der Waals surface area (Å²) >= 11 is 5.28. The number of hydrogen-bond acceptors (Lipinski definition) is 1. The quantitative estimate of drug-likeness (QED) is 0.632. The van der Waals surface area contributed by atoms with Gasteiger partial charge < -0.3 is 5.73 Å². The van der Waals surface area contributed by atoms with Crippen molar-refractivity contribution in [3.8, 4) is 0 Å². The van der Waals surface area contributed by atoms with Crippen LogP contribution in [0.1, 0.15) is 25.3 Å². The van der Waals surface area contributed by atoms with Gasteiger partial charge in [0.1, 0.15) is 10.8 Å². The highest BCUT2D eigenvalue weighted by molar-refractivity contribution is 6.30. The molecule has 0 bridgehead atoms. The molecule has 16 heavy (non-hydrogen) atoms. The van der Waals surface area contributed by atoms with Crippen molar-refractivity contribution in [3.63, 3.8) is 0 Å². The number of halogens is 4. The summed E-state index contributed by atoms with van der Waals surface area (Å²) in [5.74, 6) is -3.35. The largest absolute Gasteiger partial charge is 0.327 e. The maximum atomic E-state index is 13.7. The Morgan fingerprint density at radius 3 is 2.31 bits per heavy atom. The molecule has 1 aliphatic carbocycles. The van der Waals surface area contributed by atoms with E-state index in [4.69, 9.17) is 17.3 Å². The van der Waals surface area contributed by atoms with Crippen LogP contribution in [0, 0.1) is 17.5 Å². The van der Waals surface area contributed by atoms with Crippen LogP contribution in [-0.2, 0) is 5.41 Å². The number of nitrogens with two attached hydrogens (primary N) is 1. The number of rotatable bonds is 2. The van der Waals surface area contributed by atoms with Crippen molar-refractivity contribution >= 4 is 11.6 Å². The summed E-state index contributed by atoms with van der Waals surface area (Å²) in [6.07, 6.45) is 1.28. The molecule has 0 heterocycles. The Hall–Kier alpha value is -0.740. The van der Waals surface area contributed by atoms with Crippen LogP contribution >= 0.6 is 11.6 Å². The first-order chi connectivity index (χ1) is 7.40. The standard InChI is InChI=1S/C11H11ClF3N/c1-5(16)11(2-3-11)6-4-7(13)8(12)10(15)9(6)14/h4-5H,2-3,16H2,1H3. The molecular weight excluding hydrogens is 239 g/mol. The highest BCUT2D eigenvalue weighted by atomic mass is 35.5. The van der Waals surface area contributed by atoms with Gasteiger partial charge in [0.15, 0.2) is 11.6 Å². The topological polar surface area (TPSA) is 26.0 Å². The molecule has 1 saturated carbocycles. The molecule has 0 saturated heterocycles. The minimum Gasteiger partial charge on any atom is -0.327 e. The third-order valence-corrected chi connectivity index (χ3v) is 3.65. The summed E-state index contributed by atoms with van der Waals surface area (Å²) in [7, 11) is 0. The third-order valence-electron chi connectivity index (χ3n) is 3.30. The van der Waals surface area contributed by atoms with E-state index in [1.54, 1.807) is 6.92 Å². The summed E-state index contributed by atoms with van der Waals surface area (Å²) in [6, 6.07) is 0.610. The van der Waals surface area contributed by atoms with Crippen molar-refractivity contribution in [1.29, 1.82) is 0 Å². The summed E-state index contributed by atoms with van der Waals surface area (Å²) in [6.45, 7) is 1.71. The van der Waals surface area contributed by atoms with Crippen molar-refractivity contribution < 1.29 is 13.2 Å². The van der Waals surface area contributed by atoms with Gasteiger partial charge in [0, 0.05) is 17.0 Å². The van der Waals surface area contributed by atoms with Gasteiger partial charge in [-0.2, -0.15) is 0 Å². The van der Waals surface area contributed by atoms with Crippen LogP contribution in [0.25, 0.3) is 0 Å². The molecule has 88 valence electrons. The van der Waals surface area contributed by atoms with Gasteiger partial charge in [-0.15, -0.1) is 0 Å². The second-order valence-electron chi connectivity index (χ2n) is 4.29. The number of hydrogen-bond donors (Lipinski definition) is 1. The first-order valence-corrected chi connectivity index (χ1v) is 5.37. The maximum absolute atomic E-state index is 13.7. The normalized spacial score (nSPS) is 19.6. The lowest BCUT2D eigenvalue weighted by atomic mass is 9.89. The average molecular weight is 250 g/mol. The van der Waals surface area contributed by atoms with E-state index >= 15 is 0 Å². The van der Waals surface area contributed by atoms with Crippen LogP contribution in [-0.4, -0.2) is 6.04 Å². The summed E-state index contributed by atoms with van der Waals surface area (Å²) in [4.78, 5) is 0. The van der Waals surface area contributed by atoms with Gasteiger partial charge in [-0.05, 0) is 25.8 Å². The van der Waals surface area contributed by atoms with Crippen LogP contribution in [0.3, 0.4) is 0 Å². The van der Waals surface area contributed by atoms with Crippen LogP contribution in [0.4, 0.5) is 13.2 Å². The van der Waals surface area contributed by atoms with Crippen molar-refractivity contribution in [2.45, 2.75) is 31.2 Å². The minimum absolute atomic E-state index is 0.00176. The van der Waals surface area contributed by atoms with Gasteiger partial charge in [0.05, 0.1) is 0 Å². The smallest absolute Gasteiger partial charge is 0.180 e. The minimum atomic E-state index is -1.33. The van der Waals surface area contributed by atoms with E-state index in [-0.39, 0.29) is 11.6 Å². The Morgan fingerprint density at radius 1 is 1.31 bits per heavy atom. The molecule has 1 fully saturated rings. The van der Waals surface area contributed by atoms with Crippen LogP contribution in [0.2, 0.25) is 5.02 Å². The lowest BCUT2D eigenvalue weighted by Gasteiger charge is -2.21. The first-order valence-electron chi connectivity index (χ1n) is 4.99. The summed E-state index contributed by atoms with van der Waals surface area (Å²) < 4.78 is 40.2. The molecule has 1 aliphatic rings. The Balaban J connectivity index is 2.59. The Kier molecular flexibility index (Phi) is 2.67. The van der Waals surface area contributed by atoms with E-state index in [1.165, 1.54) is 0 Å². The molecule has 0 aromatic heterocycles. The van der Waals surface area contributed by atoms with Gasteiger partial charge in [0.25, 0.3) is 0 Å². The molecule has 1 atom stereocenters. The molecule has 0 amide bonds. The van der Waals surface area contributed by atoms with Gasteiger partial charge in [-0.25, -0.2) is 13.2 Å². The fourth-order valence-electron chi connectivity index (χ4n) is 2.04.